The Morgan fingerprint density at radius 3 is 1.63 bits per heavy atom. The quantitative estimate of drug-likeness (QED) is 0.124. The highest BCUT2D eigenvalue weighted by molar-refractivity contribution is 5.78. The van der Waals surface area contributed by atoms with Crippen LogP contribution in [0.5, 0.6) is 0 Å². The maximum absolute atomic E-state index is 13.5. The molecule has 3 rings (SSSR count). The molecule has 5 nitrogen and oxygen atoms in total. The molecule has 0 aromatic heterocycles. The lowest BCUT2D eigenvalue weighted by molar-refractivity contribution is -0.152. The predicted octanol–water partition coefficient (Wildman–Crippen LogP) is 12.3. The van der Waals surface area contributed by atoms with Crippen molar-refractivity contribution in [2.75, 3.05) is 13.2 Å². The minimum absolute atomic E-state index is 0.129. The Morgan fingerprint density at radius 1 is 0.788 bits per heavy atom. The van der Waals surface area contributed by atoms with E-state index in [9.17, 15) is 14.0 Å². The van der Waals surface area contributed by atoms with Crippen LogP contribution in [-0.4, -0.2) is 37.2 Å². The van der Waals surface area contributed by atoms with Gasteiger partial charge in [-0.15, -0.1) is 0 Å². The summed E-state index contributed by atoms with van der Waals surface area (Å²) in [6, 6.07) is 18.3. The van der Waals surface area contributed by atoms with E-state index in [1.165, 1.54) is 17.5 Å². The Hall–Kier alpha value is -3.09. The molecule has 0 spiro atoms. The maximum Gasteiger partial charge on any atom is 0.341 e. The molecule has 2 aromatic rings. The number of esters is 1. The van der Waals surface area contributed by atoms with Gasteiger partial charge in [-0.25, -0.2) is 9.18 Å². The first-order chi connectivity index (χ1) is 23.8. The van der Waals surface area contributed by atoms with Crippen LogP contribution >= 0.6 is 0 Å². The molecule has 0 aliphatic carbocycles. The summed E-state index contributed by atoms with van der Waals surface area (Å²) in [5, 5.41) is 0. The molecular weight excluding hydrogens is 651 g/mol. The highest BCUT2D eigenvalue weighted by Gasteiger charge is 2.30. The molecule has 1 aliphatic rings. The smallest absolute Gasteiger partial charge is 0.341 e. The number of rotatable bonds is 12. The molecule has 4 atom stereocenters. The molecule has 1 heterocycles. The topological polar surface area (TPSA) is 65.1 Å². The summed E-state index contributed by atoms with van der Waals surface area (Å²) < 4.78 is 29.3. The van der Waals surface area contributed by atoms with Crippen molar-refractivity contribution in [3.05, 3.63) is 96.6 Å². The summed E-state index contributed by atoms with van der Waals surface area (Å²) in [6.45, 7) is 38.7. The minimum Gasteiger partial charge on any atom is -0.459 e. The molecule has 0 bridgehead atoms. The minimum atomic E-state index is -1.54. The maximum atomic E-state index is 13.5. The first-order valence-corrected chi connectivity index (χ1v) is 18.7. The molecule has 0 radical (unpaired) electrons. The monoisotopic (exact) mass is 725 g/mol. The fourth-order valence-corrected chi connectivity index (χ4v) is 4.90. The van der Waals surface area contributed by atoms with Gasteiger partial charge in [0.25, 0.3) is 0 Å². The van der Waals surface area contributed by atoms with Crippen molar-refractivity contribution in [1.29, 1.82) is 0 Å². The van der Waals surface area contributed by atoms with E-state index >= 15 is 0 Å². The number of ketones is 1. The second kappa shape index (κ2) is 22.9. The highest BCUT2D eigenvalue weighted by Crippen LogP contribution is 2.43. The largest absolute Gasteiger partial charge is 0.459 e. The summed E-state index contributed by atoms with van der Waals surface area (Å²) in [7, 11) is 0. The van der Waals surface area contributed by atoms with Crippen LogP contribution in [0, 0.1) is 27.6 Å². The van der Waals surface area contributed by atoms with Gasteiger partial charge in [0.15, 0.2) is 6.17 Å². The van der Waals surface area contributed by atoms with Crippen LogP contribution < -0.4 is 0 Å². The summed E-state index contributed by atoms with van der Waals surface area (Å²) in [5.41, 5.74) is 4.07. The van der Waals surface area contributed by atoms with E-state index in [0.29, 0.717) is 24.0 Å². The lowest BCUT2D eigenvalue weighted by atomic mass is 9.69. The molecule has 294 valence electrons. The molecular formula is C46H73FO5. The first kappa shape index (κ1) is 48.9. The lowest BCUT2D eigenvalue weighted by Gasteiger charge is -2.36. The van der Waals surface area contributed by atoms with E-state index in [0.717, 1.165) is 18.8 Å². The van der Waals surface area contributed by atoms with Gasteiger partial charge in [0, 0.05) is 5.92 Å². The molecule has 2 aromatic carbocycles. The van der Waals surface area contributed by atoms with Gasteiger partial charge < -0.3 is 14.2 Å². The zero-order valence-electron chi connectivity index (χ0n) is 35.2. The lowest BCUT2D eigenvalue weighted by Crippen LogP contribution is -2.24. The van der Waals surface area contributed by atoms with Gasteiger partial charge in [-0.2, -0.15) is 0 Å². The van der Waals surface area contributed by atoms with E-state index in [4.69, 9.17) is 14.2 Å². The summed E-state index contributed by atoms with van der Waals surface area (Å²) in [4.78, 5) is 22.2. The molecule has 0 amide bonds. The van der Waals surface area contributed by atoms with E-state index in [1.807, 2.05) is 58.0 Å². The molecule has 4 unspecified atom stereocenters. The van der Waals surface area contributed by atoms with Crippen molar-refractivity contribution >= 4 is 11.8 Å². The van der Waals surface area contributed by atoms with Crippen LogP contribution in [0.3, 0.4) is 0 Å². The average molecular weight is 725 g/mol. The number of alkyl halides is 1. The van der Waals surface area contributed by atoms with Crippen molar-refractivity contribution < 1.29 is 28.2 Å². The highest BCUT2D eigenvalue weighted by atomic mass is 19.1. The number of epoxide rings is 1. The number of hydrogen-bond donors (Lipinski definition) is 0. The zero-order valence-corrected chi connectivity index (χ0v) is 35.2. The Bertz CT molecular complexity index is 1290. The third-order valence-electron chi connectivity index (χ3n) is 8.57. The standard InChI is InChI=1S/C20H32O2.C14H19FO2.C8H16O.C4H6/c1-19(2,3)11-18(20(4,5)6)16-9-7-15(8-10-16)12-21-13-17-14-22-17;1-14(2,3)9-12(15)13(16)17-10-11-7-5-4-6-8-11;1-6(7(2)9)8(3,4)5;1-3-4-2/h7-10,17-18H,11-14H2,1-6H3;4-8,12H,9-10H2,1-3H3;6H,1-5H3;3-4H,1-2H2. The number of allylic oxidation sites excluding steroid dienone is 2. The van der Waals surface area contributed by atoms with Gasteiger partial charge in [0.1, 0.15) is 18.5 Å². The van der Waals surface area contributed by atoms with Crippen LogP contribution in [0.2, 0.25) is 0 Å². The van der Waals surface area contributed by atoms with Crippen LogP contribution in [0.1, 0.15) is 132 Å². The molecule has 0 N–H and O–H groups in total. The fourth-order valence-electron chi connectivity index (χ4n) is 4.90. The van der Waals surface area contributed by atoms with Crippen molar-refractivity contribution in [1.82, 2.24) is 0 Å². The Morgan fingerprint density at radius 2 is 1.27 bits per heavy atom. The third kappa shape index (κ3) is 24.2. The fraction of sp³-hybridized carbons (Fsp3) is 0.609. The van der Waals surface area contributed by atoms with Crippen LogP contribution in [0.25, 0.3) is 0 Å². The van der Waals surface area contributed by atoms with Gasteiger partial charge in [0.2, 0.25) is 0 Å². The SMILES string of the molecule is C=CC=C.CC(=O)C(C)C(C)(C)C.CC(C)(C)CC(F)C(=O)OCc1ccccc1.CC(C)(C)CC(c1ccc(COCC2CO2)cc1)C(C)(C)C. The normalized spacial score (nSPS) is 15.8. The van der Waals surface area contributed by atoms with Crippen LogP contribution in [-0.2, 0) is 37.0 Å². The molecule has 1 fully saturated rings. The van der Waals surface area contributed by atoms with Crippen molar-refractivity contribution in [3.63, 3.8) is 0 Å². The second-order valence-electron chi connectivity index (χ2n) is 18.4. The number of halogens is 1. The van der Waals surface area contributed by atoms with Gasteiger partial charge in [-0.1, -0.05) is 170 Å². The number of hydrogen-bond acceptors (Lipinski definition) is 5. The molecule has 1 saturated heterocycles. The predicted molar refractivity (Wildman–Crippen MR) is 217 cm³/mol. The first-order valence-electron chi connectivity index (χ1n) is 18.7. The third-order valence-corrected chi connectivity index (χ3v) is 8.57. The van der Waals surface area contributed by atoms with Crippen molar-refractivity contribution in [2.24, 2.45) is 27.6 Å². The Kier molecular flexibility index (Phi) is 21.5. The summed E-state index contributed by atoms with van der Waals surface area (Å²) in [5.74, 6) is 0.256. The van der Waals surface area contributed by atoms with E-state index in [2.05, 4.69) is 99.7 Å². The van der Waals surface area contributed by atoms with Crippen LogP contribution in [0.15, 0.2) is 79.9 Å². The van der Waals surface area contributed by atoms with Gasteiger partial charge in [-0.05, 0) is 64.0 Å². The van der Waals surface area contributed by atoms with E-state index < -0.39 is 12.1 Å². The van der Waals surface area contributed by atoms with Gasteiger partial charge in [0.05, 0.1) is 19.8 Å². The van der Waals surface area contributed by atoms with E-state index in [1.54, 1.807) is 19.1 Å². The Labute approximate surface area is 317 Å². The van der Waals surface area contributed by atoms with Crippen molar-refractivity contribution in [3.8, 4) is 0 Å². The second-order valence-corrected chi connectivity index (χ2v) is 18.4. The molecule has 6 heteroatoms. The Balaban J connectivity index is 0.000000765. The molecule has 0 saturated carbocycles. The van der Waals surface area contributed by atoms with Gasteiger partial charge in [-0.3, -0.25) is 4.79 Å². The zero-order chi connectivity index (χ0) is 40.3. The summed E-state index contributed by atoms with van der Waals surface area (Å²) >= 11 is 0. The molecule has 52 heavy (non-hydrogen) atoms. The number of ether oxygens (including phenoxy) is 3. The number of carbonyl (C=O) groups is 2. The van der Waals surface area contributed by atoms with Crippen LogP contribution in [0.4, 0.5) is 4.39 Å². The molecule has 1 aliphatic heterocycles. The number of carbonyl (C=O) groups excluding carboxylic acids is 2. The van der Waals surface area contributed by atoms with Gasteiger partial charge >= 0.3 is 5.97 Å². The van der Waals surface area contributed by atoms with E-state index in [-0.39, 0.29) is 41.0 Å². The van der Waals surface area contributed by atoms with Crippen molar-refractivity contribution in [2.45, 2.75) is 141 Å². The average Bonchev–Trinajstić information content (AvgIpc) is 3.86. The summed E-state index contributed by atoms with van der Waals surface area (Å²) in [6.07, 6.45) is 3.46. The number of benzene rings is 2. The number of Topliss-reactive ketones (excluding diaryl/α,β-unsaturated/α-hetero) is 1.